The van der Waals surface area contributed by atoms with Crippen LogP contribution in [0.25, 0.3) is 0 Å². The largest absolute Gasteiger partial charge is 0.310 e. The van der Waals surface area contributed by atoms with E-state index in [9.17, 15) is 9.59 Å². The van der Waals surface area contributed by atoms with Crippen LogP contribution >= 0.6 is 0 Å². The molecule has 92 valence electrons. The van der Waals surface area contributed by atoms with Gasteiger partial charge in [0.15, 0.2) is 0 Å². The topological polar surface area (TPSA) is 49.4 Å². The van der Waals surface area contributed by atoms with Gasteiger partial charge in [0.1, 0.15) is 0 Å². The molecule has 4 rings (SSSR count). The van der Waals surface area contributed by atoms with Gasteiger partial charge in [0.2, 0.25) is 11.8 Å². The molecule has 0 aromatic heterocycles. The molecule has 4 atom stereocenters. The van der Waals surface area contributed by atoms with Gasteiger partial charge in [-0.15, -0.1) is 0 Å². The van der Waals surface area contributed by atoms with Crippen LogP contribution in [0.3, 0.4) is 0 Å². The van der Waals surface area contributed by atoms with E-state index >= 15 is 0 Å². The summed E-state index contributed by atoms with van der Waals surface area (Å²) in [7, 11) is 0. The summed E-state index contributed by atoms with van der Waals surface area (Å²) in [6.45, 7) is 0. The van der Waals surface area contributed by atoms with Gasteiger partial charge in [-0.1, -0.05) is 18.2 Å². The number of nitrogens with zero attached hydrogens (tertiary/aromatic N) is 1. The lowest BCUT2D eigenvalue weighted by atomic mass is 9.81. The summed E-state index contributed by atoms with van der Waals surface area (Å²) in [6, 6.07) is 9.68. The Morgan fingerprint density at radius 2 is 1.50 bits per heavy atom. The van der Waals surface area contributed by atoms with Gasteiger partial charge in [0, 0.05) is 12.1 Å². The molecule has 3 aliphatic heterocycles. The highest BCUT2D eigenvalue weighted by Crippen LogP contribution is 2.45. The molecule has 3 heterocycles. The summed E-state index contributed by atoms with van der Waals surface area (Å²) in [5.41, 5.74) is 0.710. The number of anilines is 1. The van der Waals surface area contributed by atoms with Crippen molar-refractivity contribution in [3.8, 4) is 0 Å². The average Bonchev–Trinajstić information content (AvgIpc) is 3.05. The third-order valence-electron chi connectivity index (χ3n) is 4.50. The summed E-state index contributed by atoms with van der Waals surface area (Å²) in [5.74, 6) is -0.292. The lowest BCUT2D eigenvalue weighted by Crippen LogP contribution is -2.37. The molecule has 2 bridgehead atoms. The van der Waals surface area contributed by atoms with Crippen LogP contribution in [0, 0.1) is 11.8 Å². The number of carbonyl (C=O) groups is 2. The van der Waals surface area contributed by atoms with E-state index < -0.39 is 0 Å². The second-order valence-electron chi connectivity index (χ2n) is 5.36. The molecular weight excluding hydrogens is 228 g/mol. The first-order valence-electron chi connectivity index (χ1n) is 6.46. The zero-order valence-corrected chi connectivity index (χ0v) is 9.87. The number of carbonyl (C=O) groups excluding carboxylic acids is 2. The Balaban J connectivity index is 1.76. The zero-order valence-electron chi connectivity index (χ0n) is 9.87. The molecule has 0 spiro atoms. The van der Waals surface area contributed by atoms with Gasteiger partial charge < -0.3 is 5.32 Å². The molecule has 0 aliphatic carbocycles. The molecule has 18 heavy (non-hydrogen) atoms. The number of amides is 2. The number of fused-ring (bicyclic) bond motifs is 5. The van der Waals surface area contributed by atoms with E-state index in [1.54, 1.807) is 0 Å². The Morgan fingerprint density at radius 1 is 0.944 bits per heavy atom. The summed E-state index contributed by atoms with van der Waals surface area (Å²) in [4.78, 5) is 26.3. The summed E-state index contributed by atoms with van der Waals surface area (Å²) >= 11 is 0. The maximum absolute atomic E-state index is 12.5. The first-order chi connectivity index (χ1) is 8.77. The SMILES string of the molecule is O=C1[C@@H]2[C@H](C(=O)N1c1ccccc1)[C@@H]1CC[C@H]2N1. The molecule has 1 aromatic carbocycles. The minimum absolute atomic E-state index is 0.0177. The maximum atomic E-state index is 12.5. The Morgan fingerprint density at radius 3 is 2.06 bits per heavy atom. The van der Waals surface area contributed by atoms with Crippen molar-refractivity contribution < 1.29 is 9.59 Å². The van der Waals surface area contributed by atoms with E-state index in [-0.39, 0.29) is 35.7 Å². The second kappa shape index (κ2) is 3.42. The smallest absolute Gasteiger partial charge is 0.239 e. The summed E-state index contributed by atoms with van der Waals surface area (Å²) in [6.07, 6.45) is 2.04. The van der Waals surface area contributed by atoms with Crippen LogP contribution in [0.1, 0.15) is 12.8 Å². The van der Waals surface area contributed by atoms with Gasteiger partial charge in [-0.3, -0.25) is 9.59 Å². The predicted octanol–water partition coefficient (Wildman–Crippen LogP) is 0.926. The average molecular weight is 242 g/mol. The van der Waals surface area contributed by atoms with Crippen molar-refractivity contribution in [1.82, 2.24) is 5.32 Å². The van der Waals surface area contributed by atoms with E-state index in [2.05, 4.69) is 5.32 Å². The molecule has 1 aromatic rings. The fourth-order valence-corrected chi connectivity index (χ4v) is 3.76. The van der Waals surface area contributed by atoms with E-state index in [0.29, 0.717) is 5.69 Å². The third-order valence-corrected chi connectivity index (χ3v) is 4.50. The van der Waals surface area contributed by atoms with Crippen LogP contribution in [-0.2, 0) is 9.59 Å². The van der Waals surface area contributed by atoms with E-state index in [1.807, 2.05) is 30.3 Å². The molecule has 2 amide bonds. The predicted molar refractivity (Wildman–Crippen MR) is 65.9 cm³/mol. The number of benzene rings is 1. The Hall–Kier alpha value is -1.68. The number of rotatable bonds is 1. The number of para-hydroxylation sites is 1. The van der Waals surface area contributed by atoms with Gasteiger partial charge in [-0.2, -0.15) is 0 Å². The fourth-order valence-electron chi connectivity index (χ4n) is 3.76. The van der Waals surface area contributed by atoms with Crippen LogP contribution in [-0.4, -0.2) is 23.9 Å². The number of hydrogen-bond donors (Lipinski definition) is 1. The van der Waals surface area contributed by atoms with Crippen LogP contribution in [0.5, 0.6) is 0 Å². The van der Waals surface area contributed by atoms with Gasteiger partial charge in [-0.05, 0) is 25.0 Å². The lowest BCUT2D eigenvalue weighted by molar-refractivity contribution is -0.122. The summed E-state index contributed by atoms with van der Waals surface area (Å²) < 4.78 is 0. The van der Waals surface area contributed by atoms with Crippen LogP contribution in [0.4, 0.5) is 5.69 Å². The van der Waals surface area contributed by atoms with Crippen molar-refractivity contribution in [2.75, 3.05) is 4.90 Å². The van der Waals surface area contributed by atoms with Crippen LogP contribution in [0.15, 0.2) is 30.3 Å². The third kappa shape index (κ3) is 1.13. The van der Waals surface area contributed by atoms with Crippen molar-refractivity contribution >= 4 is 17.5 Å². The van der Waals surface area contributed by atoms with Crippen LogP contribution in [0.2, 0.25) is 0 Å². The van der Waals surface area contributed by atoms with Crippen molar-refractivity contribution in [2.24, 2.45) is 11.8 Å². The molecule has 4 nitrogen and oxygen atoms in total. The molecule has 3 fully saturated rings. The van der Waals surface area contributed by atoms with Gasteiger partial charge in [0.05, 0.1) is 17.5 Å². The molecule has 0 saturated carbocycles. The van der Waals surface area contributed by atoms with Crippen molar-refractivity contribution in [3.05, 3.63) is 30.3 Å². The summed E-state index contributed by atoms with van der Waals surface area (Å²) in [5, 5.41) is 3.39. The Bertz CT molecular complexity index is 500. The fraction of sp³-hybridized carbons (Fsp3) is 0.429. The number of imide groups is 1. The molecule has 3 aliphatic rings. The molecular formula is C14H14N2O2. The van der Waals surface area contributed by atoms with Crippen molar-refractivity contribution in [1.29, 1.82) is 0 Å². The molecule has 0 unspecified atom stereocenters. The minimum Gasteiger partial charge on any atom is -0.310 e. The van der Waals surface area contributed by atoms with Crippen molar-refractivity contribution in [3.63, 3.8) is 0 Å². The molecule has 3 saturated heterocycles. The minimum atomic E-state index is -0.128. The normalized spacial score (nSPS) is 37.4. The lowest BCUT2D eigenvalue weighted by Gasteiger charge is -2.17. The zero-order chi connectivity index (χ0) is 12.3. The van der Waals surface area contributed by atoms with Gasteiger partial charge >= 0.3 is 0 Å². The van der Waals surface area contributed by atoms with Gasteiger partial charge in [0.25, 0.3) is 0 Å². The Kier molecular flexibility index (Phi) is 1.95. The number of nitrogens with one attached hydrogen (secondary N) is 1. The van der Waals surface area contributed by atoms with E-state index in [4.69, 9.17) is 0 Å². The van der Waals surface area contributed by atoms with Crippen LogP contribution < -0.4 is 10.2 Å². The molecule has 4 heteroatoms. The quantitative estimate of drug-likeness (QED) is 0.745. The van der Waals surface area contributed by atoms with Crippen molar-refractivity contribution in [2.45, 2.75) is 24.9 Å². The van der Waals surface area contributed by atoms with E-state index in [0.717, 1.165) is 12.8 Å². The highest BCUT2D eigenvalue weighted by atomic mass is 16.2. The number of hydrogen-bond acceptors (Lipinski definition) is 3. The highest BCUT2D eigenvalue weighted by Gasteiger charge is 2.61. The first kappa shape index (κ1) is 10.3. The molecule has 0 radical (unpaired) electrons. The Labute approximate surface area is 105 Å². The second-order valence-corrected chi connectivity index (χ2v) is 5.36. The van der Waals surface area contributed by atoms with Gasteiger partial charge in [-0.25, -0.2) is 4.90 Å². The van der Waals surface area contributed by atoms with E-state index in [1.165, 1.54) is 4.90 Å². The monoisotopic (exact) mass is 242 g/mol. The maximum Gasteiger partial charge on any atom is 0.239 e. The first-order valence-corrected chi connectivity index (χ1v) is 6.46. The molecule has 1 N–H and O–H groups in total. The highest BCUT2D eigenvalue weighted by molar-refractivity contribution is 6.22. The standard InChI is InChI=1S/C14H14N2O2/c17-13-11-9-6-7-10(15-9)12(11)14(18)16(13)8-4-2-1-3-5-8/h1-5,9-12,15H,6-7H2/t9-,10+,11+,12-.